The Balaban J connectivity index is 1.82. The van der Waals surface area contributed by atoms with Gasteiger partial charge in [-0.05, 0) is 17.7 Å². The zero-order valence-electron chi connectivity index (χ0n) is 12.0. The first-order valence-electron chi connectivity index (χ1n) is 6.66. The molecule has 2 rings (SSSR count). The van der Waals surface area contributed by atoms with Crippen LogP contribution in [0.4, 0.5) is 5.69 Å². The van der Waals surface area contributed by atoms with Crippen molar-refractivity contribution >= 4 is 5.69 Å². The standard InChI is InChI=1S/C15H18N4O2/c1-20-9-7-19-12-14(11-18-19)17-10-13-2-4-15(5-3-13)21-8-6-16/h2-5,11-12,17H,7-10H2,1H3. The number of anilines is 1. The summed E-state index contributed by atoms with van der Waals surface area (Å²) in [6.07, 6.45) is 3.74. The second-order valence-corrected chi connectivity index (χ2v) is 4.43. The number of rotatable bonds is 8. The van der Waals surface area contributed by atoms with E-state index >= 15 is 0 Å². The molecular weight excluding hydrogens is 268 g/mol. The Morgan fingerprint density at radius 2 is 2.14 bits per heavy atom. The topological polar surface area (TPSA) is 72.1 Å². The van der Waals surface area contributed by atoms with Crippen LogP contribution in [-0.2, 0) is 17.8 Å². The molecule has 110 valence electrons. The van der Waals surface area contributed by atoms with Crippen LogP contribution in [0.25, 0.3) is 0 Å². The summed E-state index contributed by atoms with van der Waals surface area (Å²) in [4.78, 5) is 0. The lowest BCUT2D eigenvalue weighted by atomic mass is 10.2. The van der Waals surface area contributed by atoms with Crippen molar-refractivity contribution in [3.05, 3.63) is 42.2 Å². The maximum atomic E-state index is 8.45. The van der Waals surface area contributed by atoms with E-state index in [4.69, 9.17) is 14.7 Å². The van der Waals surface area contributed by atoms with Crippen LogP contribution in [0, 0.1) is 11.3 Å². The molecule has 6 nitrogen and oxygen atoms in total. The van der Waals surface area contributed by atoms with E-state index in [1.54, 1.807) is 13.3 Å². The Morgan fingerprint density at radius 1 is 1.33 bits per heavy atom. The van der Waals surface area contributed by atoms with E-state index in [2.05, 4.69) is 10.4 Å². The fraction of sp³-hybridized carbons (Fsp3) is 0.333. The molecule has 0 radical (unpaired) electrons. The van der Waals surface area contributed by atoms with Crippen molar-refractivity contribution in [2.45, 2.75) is 13.1 Å². The summed E-state index contributed by atoms with van der Waals surface area (Å²) in [6, 6.07) is 9.59. The van der Waals surface area contributed by atoms with E-state index in [1.165, 1.54) is 0 Å². The van der Waals surface area contributed by atoms with Gasteiger partial charge < -0.3 is 14.8 Å². The maximum Gasteiger partial charge on any atom is 0.174 e. The highest BCUT2D eigenvalue weighted by atomic mass is 16.5. The van der Waals surface area contributed by atoms with Crippen LogP contribution in [0.2, 0.25) is 0 Å². The van der Waals surface area contributed by atoms with Crippen molar-refractivity contribution in [3.63, 3.8) is 0 Å². The molecule has 1 aromatic carbocycles. The van der Waals surface area contributed by atoms with Crippen LogP contribution < -0.4 is 10.1 Å². The highest BCUT2D eigenvalue weighted by Crippen LogP contribution is 2.13. The summed E-state index contributed by atoms with van der Waals surface area (Å²) >= 11 is 0. The second-order valence-electron chi connectivity index (χ2n) is 4.43. The first kappa shape index (κ1) is 14.9. The Hall–Kier alpha value is -2.52. The van der Waals surface area contributed by atoms with Gasteiger partial charge in [0.2, 0.25) is 0 Å². The van der Waals surface area contributed by atoms with Gasteiger partial charge in [-0.3, -0.25) is 4.68 Å². The number of hydrogen-bond donors (Lipinski definition) is 1. The number of hydrogen-bond acceptors (Lipinski definition) is 5. The van der Waals surface area contributed by atoms with E-state index in [-0.39, 0.29) is 6.61 Å². The first-order valence-corrected chi connectivity index (χ1v) is 6.66. The molecule has 21 heavy (non-hydrogen) atoms. The molecule has 0 aliphatic rings. The molecular formula is C15H18N4O2. The Kier molecular flexibility index (Phi) is 5.61. The van der Waals surface area contributed by atoms with Crippen LogP contribution in [0.1, 0.15) is 5.56 Å². The van der Waals surface area contributed by atoms with Crippen molar-refractivity contribution < 1.29 is 9.47 Å². The second kappa shape index (κ2) is 7.92. The summed E-state index contributed by atoms with van der Waals surface area (Å²) < 4.78 is 12.1. The van der Waals surface area contributed by atoms with Crippen LogP contribution >= 0.6 is 0 Å². The van der Waals surface area contributed by atoms with Crippen LogP contribution in [0.3, 0.4) is 0 Å². The molecule has 0 atom stereocenters. The molecule has 0 unspecified atom stereocenters. The minimum absolute atomic E-state index is 0.0677. The highest BCUT2D eigenvalue weighted by Gasteiger charge is 1.99. The number of nitrogens with one attached hydrogen (secondary N) is 1. The third kappa shape index (κ3) is 4.82. The number of nitrogens with zero attached hydrogens (tertiary/aromatic N) is 3. The first-order chi connectivity index (χ1) is 10.3. The Bertz CT molecular complexity index is 586. The van der Waals surface area contributed by atoms with Gasteiger partial charge in [-0.2, -0.15) is 10.4 Å². The van der Waals surface area contributed by atoms with E-state index in [0.29, 0.717) is 18.9 Å². The molecule has 1 N–H and O–H groups in total. The zero-order chi connectivity index (χ0) is 14.9. The molecule has 0 fully saturated rings. The lowest BCUT2D eigenvalue weighted by Crippen LogP contribution is -2.04. The number of nitriles is 1. The van der Waals surface area contributed by atoms with Crippen molar-refractivity contribution in [1.82, 2.24) is 9.78 Å². The van der Waals surface area contributed by atoms with Gasteiger partial charge in [0, 0.05) is 19.9 Å². The van der Waals surface area contributed by atoms with Crippen molar-refractivity contribution in [2.24, 2.45) is 0 Å². The molecule has 0 amide bonds. The average molecular weight is 286 g/mol. The third-order valence-corrected chi connectivity index (χ3v) is 2.88. The third-order valence-electron chi connectivity index (χ3n) is 2.88. The number of benzene rings is 1. The highest BCUT2D eigenvalue weighted by molar-refractivity contribution is 5.39. The molecule has 1 aromatic heterocycles. The Labute approximate surface area is 123 Å². The van der Waals surface area contributed by atoms with Gasteiger partial charge in [0.05, 0.1) is 25.0 Å². The summed E-state index contributed by atoms with van der Waals surface area (Å²) in [6.45, 7) is 2.15. The van der Waals surface area contributed by atoms with Crippen LogP contribution in [0.5, 0.6) is 5.75 Å². The molecule has 2 aromatic rings. The monoisotopic (exact) mass is 286 g/mol. The quantitative estimate of drug-likeness (QED) is 0.804. The molecule has 0 spiro atoms. The predicted octanol–water partition coefficient (Wildman–Crippen LogP) is 2.04. The van der Waals surface area contributed by atoms with Crippen LogP contribution in [-0.4, -0.2) is 30.1 Å². The van der Waals surface area contributed by atoms with Crippen molar-refractivity contribution in [1.29, 1.82) is 5.26 Å². The lowest BCUT2D eigenvalue weighted by Gasteiger charge is -2.05. The Morgan fingerprint density at radius 3 is 2.86 bits per heavy atom. The van der Waals surface area contributed by atoms with Crippen LogP contribution in [0.15, 0.2) is 36.7 Å². The summed E-state index contributed by atoms with van der Waals surface area (Å²) in [5, 5.41) is 16.0. The molecule has 0 bridgehead atoms. The summed E-state index contributed by atoms with van der Waals surface area (Å²) in [5.41, 5.74) is 2.10. The molecule has 1 heterocycles. The SMILES string of the molecule is COCCn1cc(NCc2ccc(OCC#N)cc2)cn1. The fourth-order valence-electron chi connectivity index (χ4n) is 1.79. The summed E-state index contributed by atoms with van der Waals surface area (Å²) in [5.74, 6) is 0.702. The number of aromatic nitrogens is 2. The van der Waals surface area contributed by atoms with E-state index in [0.717, 1.165) is 17.8 Å². The molecule has 0 aliphatic heterocycles. The van der Waals surface area contributed by atoms with E-state index in [1.807, 2.05) is 41.2 Å². The molecule has 6 heteroatoms. The molecule has 0 saturated carbocycles. The largest absolute Gasteiger partial charge is 0.479 e. The molecule has 0 aliphatic carbocycles. The predicted molar refractivity (Wildman–Crippen MR) is 79.0 cm³/mol. The van der Waals surface area contributed by atoms with Gasteiger partial charge in [-0.25, -0.2) is 0 Å². The molecule has 0 saturated heterocycles. The lowest BCUT2D eigenvalue weighted by molar-refractivity contribution is 0.183. The van der Waals surface area contributed by atoms with E-state index in [9.17, 15) is 0 Å². The minimum atomic E-state index is 0.0677. The summed E-state index contributed by atoms with van der Waals surface area (Å²) in [7, 11) is 1.67. The number of methoxy groups -OCH3 is 1. The van der Waals surface area contributed by atoms with Gasteiger partial charge in [-0.15, -0.1) is 0 Å². The minimum Gasteiger partial charge on any atom is -0.479 e. The zero-order valence-corrected chi connectivity index (χ0v) is 12.0. The average Bonchev–Trinajstić information content (AvgIpc) is 2.98. The van der Waals surface area contributed by atoms with Gasteiger partial charge in [0.25, 0.3) is 0 Å². The van der Waals surface area contributed by atoms with Gasteiger partial charge in [0.15, 0.2) is 6.61 Å². The van der Waals surface area contributed by atoms with E-state index < -0.39 is 0 Å². The van der Waals surface area contributed by atoms with Gasteiger partial charge in [-0.1, -0.05) is 12.1 Å². The normalized spacial score (nSPS) is 10.1. The van der Waals surface area contributed by atoms with Gasteiger partial charge in [0.1, 0.15) is 11.8 Å². The number of ether oxygens (including phenoxy) is 2. The van der Waals surface area contributed by atoms with Crippen molar-refractivity contribution in [2.75, 3.05) is 25.6 Å². The maximum absolute atomic E-state index is 8.45. The fourth-order valence-corrected chi connectivity index (χ4v) is 1.79. The smallest absolute Gasteiger partial charge is 0.174 e. The van der Waals surface area contributed by atoms with Crippen molar-refractivity contribution in [3.8, 4) is 11.8 Å². The van der Waals surface area contributed by atoms with Gasteiger partial charge >= 0.3 is 0 Å².